The molecule has 0 spiro atoms. The predicted molar refractivity (Wildman–Crippen MR) is 155 cm³/mol. The highest BCUT2D eigenvalue weighted by Crippen LogP contribution is 2.47. The Bertz CT molecular complexity index is 1110. The average Bonchev–Trinajstić information content (AvgIpc) is 3.48. The fraction of sp³-hybridized carbons (Fsp3) is 0.471. The number of hydrogen-bond acceptors (Lipinski definition) is 4. The Kier molecular flexibility index (Phi) is 9.60. The number of phenols is 1. The van der Waals surface area contributed by atoms with Crippen molar-refractivity contribution in [3.63, 3.8) is 0 Å². The third kappa shape index (κ3) is 7.11. The van der Waals surface area contributed by atoms with Gasteiger partial charge in [0, 0.05) is 23.5 Å². The average molecular weight is 514 g/mol. The molecule has 1 unspecified atom stereocenters. The van der Waals surface area contributed by atoms with Gasteiger partial charge in [0.25, 0.3) is 0 Å². The van der Waals surface area contributed by atoms with E-state index in [-0.39, 0.29) is 17.6 Å². The minimum Gasteiger partial charge on any atom is -0.508 e. The van der Waals surface area contributed by atoms with Crippen LogP contribution in [0.15, 0.2) is 72.8 Å². The summed E-state index contributed by atoms with van der Waals surface area (Å²) in [6.07, 6.45) is 11.9. The highest BCUT2D eigenvalue weighted by molar-refractivity contribution is 5.50. The van der Waals surface area contributed by atoms with E-state index in [9.17, 15) is 5.11 Å². The van der Waals surface area contributed by atoms with Crippen molar-refractivity contribution in [2.75, 3.05) is 32.8 Å². The van der Waals surface area contributed by atoms with Crippen LogP contribution >= 0.6 is 0 Å². The van der Waals surface area contributed by atoms with Crippen molar-refractivity contribution in [2.24, 2.45) is 0 Å². The summed E-state index contributed by atoms with van der Waals surface area (Å²) in [5.41, 5.74) is 3.63. The summed E-state index contributed by atoms with van der Waals surface area (Å²) in [7, 11) is 0. The molecule has 0 bridgehead atoms. The molecular weight excluding hydrogens is 470 g/mol. The number of phenolic OH excluding ortho intramolecular Hbond substituents is 1. The van der Waals surface area contributed by atoms with E-state index in [0.29, 0.717) is 6.61 Å². The van der Waals surface area contributed by atoms with Gasteiger partial charge in [-0.15, -0.1) is 0 Å². The zero-order valence-corrected chi connectivity index (χ0v) is 22.7. The monoisotopic (exact) mass is 513 g/mol. The van der Waals surface area contributed by atoms with Crippen LogP contribution in [0.4, 0.5) is 0 Å². The molecule has 4 nitrogen and oxygen atoms in total. The smallest absolute Gasteiger partial charge is 0.126 e. The molecule has 0 radical (unpaired) electrons. The summed E-state index contributed by atoms with van der Waals surface area (Å²) in [6, 6.07) is 24.7. The Labute approximate surface area is 228 Å². The molecule has 202 valence electrons. The first-order valence-corrected chi connectivity index (χ1v) is 14.7. The van der Waals surface area contributed by atoms with Gasteiger partial charge in [-0.3, -0.25) is 0 Å². The zero-order valence-electron chi connectivity index (χ0n) is 22.7. The summed E-state index contributed by atoms with van der Waals surface area (Å²) in [6.45, 7) is 5.32. The highest BCUT2D eigenvalue weighted by Gasteiger charge is 2.33. The van der Waals surface area contributed by atoms with Crippen molar-refractivity contribution in [1.82, 2.24) is 4.90 Å². The number of hydrogen-bond donors (Lipinski definition) is 1. The Morgan fingerprint density at radius 3 is 2.24 bits per heavy atom. The standard InChI is InChI=1S/C34H43NO3/c36-29-17-20-31-33(25-29)38-26-32(27-13-7-6-8-14-27)34(31)28-15-18-30(19-16-28)37-24-12-5-3-1-2-4-9-21-35-22-10-11-23-35/h6-8,13-20,25,32,34,36H,1-5,9-12,21-24,26H2/t32-,34?/m1/s1. The molecule has 3 aromatic carbocycles. The lowest BCUT2D eigenvalue weighted by molar-refractivity contribution is 0.247. The minimum absolute atomic E-state index is 0.158. The van der Waals surface area contributed by atoms with Gasteiger partial charge in [-0.25, -0.2) is 0 Å². The maximum absolute atomic E-state index is 9.99. The predicted octanol–water partition coefficient (Wildman–Crippen LogP) is 7.91. The second kappa shape index (κ2) is 13.7. The first-order valence-electron chi connectivity index (χ1n) is 14.7. The molecule has 0 aromatic heterocycles. The van der Waals surface area contributed by atoms with E-state index in [0.717, 1.165) is 30.1 Å². The number of ether oxygens (including phenoxy) is 2. The van der Waals surface area contributed by atoms with Gasteiger partial charge in [-0.1, -0.05) is 80.6 Å². The minimum atomic E-state index is 0.158. The SMILES string of the molecule is Oc1ccc2c(c1)OC[C@H](c1ccccc1)C2c1ccc(OCCCCCCCCCN2CCCC2)cc1. The molecule has 4 heteroatoms. The van der Waals surface area contributed by atoms with Crippen LogP contribution < -0.4 is 9.47 Å². The molecule has 2 heterocycles. The fourth-order valence-electron chi connectivity index (χ4n) is 6.09. The lowest BCUT2D eigenvalue weighted by Gasteiger charge is -2.34. The van der Waals surface area contributed by atoms with Crippen molar-refractivity contribution < 1.29 is 14.6 Å². The molecule has 2 aliphatic heterocycles. The Hall–Kier alpha value is -2.98. The van der Waals surface area contributed by atoms with E-state index in [1.807, 2.05) is 6.07 Å². The van der Waals surface area contributed by atoms with Crippen molar-refractivity contribution in [3.8, 4) is 17.2 Å². The molecule has 2 aliphatic rings. The van der Waals surface area contributed by atoms with Crippen LogP contribution in [-0.4, -0.2) is 42.9 Å². The van der Waals surface area contributed by atoms with Crippen LogP contribution in [0.1, 0.15) is 86.3 Å². The van der Waals surface area contributed by atoms with Gasteiger partial charge in [0.15, 0.2) is 0 Å². The Balaban J connectivity index is 1.09. The maximum atomic E-state index is 9.99. The molecule has 38 heavy (non-hydrogen) atoms. The number of aromatic hydroxyl groups is 1. The van der Waals surface area contributed by atoms with Gasteiger partial charge in [0.2, 0.25) is 0 Å². The topological polar surface area (TPSA) is 41.9 Å². The van der Waals surface area contributed by atoms with Crippen LogP contribution in [0.25, 0.3) is 0 Å². The molecule has 1 fully saturated rings. The van der Waals surface area contributed by atoms with Crippen molar-refractivity contribution in [3.05, 3.63) is 89.5 Å². The van der Waals surface area contributed by atoms with Crippen molar-refractivity contribution in [2.45, 2.75) is 69.6 Å². The van der Waals surface area contributed by atoms with Gasteiger partial charge >= 0.3 is 0 Å². The first kappa shape index (κ1) is 26.6. The second-order valence-corrected chi connectivity index (χ2v) is 11.0. The van der Waals surface area contributed by atoms with E-state index < -0.39 is 0 Å². The van der Waals surface area contributed by atoms with Crippen LogP contribution in [0.3, 0.4) is 0 Å². The van der Waals surface area contributed by atoms with Gasteiger partial charge in [-0.05, 0) is 74.6 Å². The quantitative estimate of drug-likeness (QED) is 0.236. The van der Waals surface area contributed by atoms with Crippen LogP contribution in [0.2, 0.25) is 0 Å². The van der Waals surface area contributed by atoms with E-state index in [1.165, 1.54) is 82.1 Å². The lowest BCUT2D eigenvalue weighted by Crippen LogP contribution is -2.25. The molecule has 0 amide bonds. The number of fused-ring (bicyclic) bond motifs is 1. The molecule has 2 atom stereocenters. The summed E-state index contributed by atoms with van der Waals surface area (Å²) in [4.78, 5) is 2.62. The van der Waals surface area contributed by atoms with Crippen LogP contribution in [0.5, 0.6) is 17.2 Å². The lowest BCUT2D eigenvalue weighted by atomic mass is 9.76. The van der Waals surface area contributed by atoms with Gasteiger partial charge in [0.1, 0.15) is 17.2 Å². The maximum Gasteiger partial charge on any atom is 0.126 e. The third-order valence-corrected chi connectivity index (χ3v) is 8.21. The van der Waals surface area contributed by atoms with E-state index in [4.69, 9.17) is 9.47 Å². The summed E-state index contributed by atoms with van der Waals surface area (Å²) in [5, 5.41) is 9.99. The zero-order chi connectivity index (χ0) is 26.0. The van der Waals surface area contributed by atoms with Crippen LogP contribution in [-0.2, 0) is 0 Å². The highest BCUT2D eigenvalue weighted by atomic mass is 16.5. The largest absolute Gasteiger partial charge is 0.508 e. The third-order valence-electron chi connectivity index (χ3n) is 8.21. The number of rotatable bonds is 13. The molecular formula is C34H43NO3. The molecule has 5 rings (SSSR count). The van der Waals surface area contributed by atoms with Crippen molar-refractivity contribution in [1.29, 1.82) is 0 Å². The Morgan fingerprint density at radius 2 is 1.47 bits per heavy atom. The second-order valence-electron chi connectivity index (χ2n) is 11.0. The Morgan fingerprint density at radius 1 is 0.763 bits per heavy atom. The van der Waals surface area contributed by atoms with E-state index in [2.05, 4.69) is 59.5 Å². The van der Waals surface area contributed by atoms with E-state index >= 15 is 0 Å². The number of unbranched alkanes of at least 4 members (excludes halogenated alkanes) is 6. The summed E-state index contributed by atoms with van der Waals surface area (Å²) < 4.78 is 12.2. The van der Waals surface area contributed by atoms with E-state index in [1.54, 1.807) is 12.1 Å². The van der Waals surface area contributed by atoms with Crippen LogP contribution in [0, 0.1) is 0 Å². The van der Waals surface area contributed by atoms with Gasteiger partial charge in [-0.2, -0.15) is 0 Å². The van der Waals surface area contributed by atoms with Gasteiger partial charge in [0.05, 0.1) is 13.2 Å². The number of likely N-dealkylation sites (tertiary alicyclic amines) is 1. The number of nitrogens with zero attached hydrogens (tertiary/aromatic N) is 1. The molecule has 0 saturated carbocycles. The summed E-state index contributed by atoms with van der Waals surface area (Å²) in [5.74, 6) is 2.31. The molecule has 1 N–H and O–H groups in total. The molecule has 1 saturated heterocycles. The fourth-order valence-corrected chi connectivity index (χ4v) is 6.09. The normalized spacial score (nSPS) is 19.2. The first-order chi connectivity index (χ1) is 18.8. The van der Waals surface area contributed by atoms with Crippen molar-refractivity contribution >= 4 is 0 Å². The number of benzene rings is 3. The van der Waals surface area contributed by atoms with Gasteiger partial charge < -0.3 is 19.5 Å². The summed E-state index contributed by atoms with van der Waals surface area (Å²) >= 11 is 0. The molecule has 0 aliphatic carbocycles. The molecule has 3 aromatic rings.